The van der Waals surface area contributed by atoms with Gasteiger partial charge in [-0.3, -0.25) is 4.79 Å². The van der Waals surface area contributed by atoms with Gasteiger partial charge in [0.1, 0.15) is 0 Å². The SMILES string of the molecule is CCCCCC(=O)NCc1ccc(-c2noc(C(F)(F)F)n2)cc1. The van der Waals surface area contributed by atoms with E-state index >= 15 is 0 Å². The quantitative estimate of drug-likeness (QED) is 0.774. The normalized spacial score (nSPS) is 11.5. The Kier molecular flexibility index (Phi) is 5.94. The summed E-state index contributed by atoms with van der Waals surface area (Å²) in [5.41, 5.74) is 1.24. The summed E-state index contributed by atoms with van der Waals surface area (Å²) in [5, 5.41) is 6.13. The van der Waals surface area contributed by atoms with Crippen LogP contribution in [0, 0.1) is 0 Å². The number of benzene rings is 1. The fourth-order valence-electron chi connectivity index (χ4n) is 2.05. The fraction of sp³-hybridized carbons (Fsp3) is 0.438. The molecule has 8 heteroatoms. The summed E-state index contributed by atoms with van der Waals surface area (Å²) in [6.45, 7) is 2.44. The summed E-state index contributed by atoms with van der Waals surface area (Å²) in [7, 11) is 0. The molecule has 1 N–H and O–H groups in total. The molecule has 1 amide bonds. The van der Waals surface area contributed by atoms with E-state index in [-0.39, 0.29) is 11.7 Å². The highest BCUT2D eigenvalue weighted by atomic mass is 19.4. The lowest BCUT2D eigenvalue weighted by Gasteiger charge is -2.05. The van der Waals surface area contributed by atoms with Crippen molar-refractivity contribution in [1.82, 2.24) is 15.5 Å². The molecule has 1 aromatic carbocycles. The van der Waals surface area contributed by atoms with Crippen molar-refractivity contribution >= 4 is 5.91 Å². The second-order valence-electron chi connectivity index (χ2n) is 5.35. The van der Waals surface area contributed by atoms with Gasteiger partial charge >= 0.3 is 12.1 Å². The Labute approximate surface area is 137 Å². The van der Waals surface area contributed by atoms with E-state index in [0.29, 0.717) is 18.5 Å². The molecule has 2 rings (SSSR count). The topological polar surface area (TPSA) is 68.0 Å². The molecule has 130 valence electrons. The Bertz CT molecular complexity index is 666. The van der Waals surface area contributed by atoms with Gasteiger partial charge in [0.25, 0.3) is 0 Å². The highest BCUT2D eigenvalue weighted by Crippen LogP contribution is 2.29. The Morgan fingerprint density at radius 1 is 1.21 bits per heavy atom. The molecule has 0 spiro atoms. The number of rotatable bonds is 7. The molecule has 0 aliphatic carbocycles. The second-order valence-corrected chi connectivity index (χ2v) is 5.35. The number of hydrogen-bond donors (Lipinski definition) is 1. The number of carbonyl (C=O) groups is 1. The van der Waals surface area contributed by atoms with Crippen LogP contribution in [0.2, 0.25) is 0 Å². The van der Waals surface area contributed by atoms with Gasteiger partial charge in [-0.25, -0.2) is 0 Å². The van der Waals surface area contributed by atoms with Crippen LogP contribution in [0.4, 0.5) is 13.2 Å². The van der Waals surface area contributed by atoms with Crippen LogP contribution in [0.1, 0.15) is 44.1 Å². The van der Waals surface area contributed by atoms with Crippen molar-refractivity contribution in [3.05, 3.63) is 35.7 Å². The fourth-order valence-corrected chi connectivity index (χ4v) is 2.05. The van der Waals surface area contributed by atoms with Crippen LogP contribution in [-0.4, -0.2) is 16.0 Å². The second kappa shape index (κ2) is 7.94. The molecule has 2 aromatic rings. The molecule has 0 aliphatic heterocycles. The predicted octanol–water partition coefficient (Wildman–Crippen LogP) is 3.95. The first-order chi connectivity index (χ1) is 11.4. The lowest BCUT2D eigenvalue weighted by molar-refractivity contribution is -0.159. The third-order valence-electron chi connectivity index (χ3n) is 3.38. The third-order valence-corrected chi connectivity index (χ3v) is 3.38. The van der Waals surface area contributed by atoms with E-state index in [1.54, 1.807) is 24.3 Å². The molecule has 5 nitrogen and oxygen atoms in total. The van der Waals surface area contributed by atoms with Crippen molar-refractivity contribution in [2.24, 2.45) is 0 Å². The maximum atomic E-state index is 12.4. The van der Waals surface area contributed by atoms with Crippen molar-refractivity contribution in [2.45, 2.75) is 45.3 Å². The molecular weight excluding hydrogens is 323 g/mol. The van der Waals surface area contributed by atoms with E-state index in [1.807, 2.05) is 0 Å². The average molecular weight is 341 g/mol. The van der Waals surface area contributed by atoms with E-state index in [0.717, 1.165) is 24.8 Å². The zero-order valence-corrected chi connectivity index (χ0v) is 13.2. The first kappa shape index (κ1) is 18.0. The lowest BCUT2D eigenvalue weighted by Crippen LogP contribution is -2.22. The number of unbranched alkanes of at least 4 members (excludes halogenated alkanes) is 2. The number of nitrogens with one attached hydrogen (secondary N) is 1. The molecule has 0 radical (unpaired) electrons. The van der Waals surface area contributed by atoms with Gasteiger partial charge in [0, 0.05) is 18.5 Å². The lowest BCUT2D eigenvalue weighted by atomic mass is 10.1. The minimum atomic E-state index is -4.66. The van der Waals surface area contributed by atoms with E-state index in [1.165, 1.54) is 0 Å². The van der Waals surface area contributed by atoms with Crippen molar-refractivity contribution in [1.29, 1.82) is 0 Å². The molecule has 0 saturated carbocycles. The molecule has 1 aromatic heterocycles. The molecule has 0 atom stereocenters. The van der Waals surface area contributed by atoms with Gasteiger partial charge < -0.3 is 9.84 Å². The van der Waals surface area contributed by atoms with Crippen molar-refractivity contribution < 1.29 is 22.5 Å². The number of nitrogens with zero attached hydrogens (tertiary/aromatic N) is 2. The molecule has 1 heterocycles. The standard InChI is InChI=1S/C16H18F3N3O2/c1-2-3-4-5-13(23)20-10-11-6-8-12(9-7-11)14-21-15(24-22-14)16(17,18)19/h6-9H,2-5,10H2,1H3,(H,20,23). The van der Waals surface area contributed by atoms with Gasteiger partial charge in [0.2, 0.25) is 11.7 Å². The number of halogens is 3. The monoisotopic (exact) mass is 341 g/mol. The average Bonchev–Trinajstić information content (AvgIpc) is 3.04. The van der Waals surface area contributed by atoms with Gasteiger partial charge in [-0.05, 0) is 12.0 Å². The van der Waals surface area contributed by atoms with Crippen LogP contribution in [-0.2, 0) is 17.5 Å². The first-order valence-corrected chi connectivity index (χ1v) is 7.67. The van der Waals surface area contributed by atoms with Crippen LogP contribution in [0.25, 0.3) is 11.4 Å². The number of carbonyl (C=O) groups excluding carboxylic acids is 1. The third kappa shape index (κ3) is 5.07. The summed E-state index contributed by atoms with van der Waals surface area (Å²) < 4.78 is 41.5. The minimum absolute atomic E-state index is 0.0134. The van der Waals surface area contributed by atoms with E-state index in [2.05, 4.69) is 26.9 Å². The zero-order valence-electron chi connectivity index (χ0n) is 13.2. The van der Waals surface area contributed by atoms with Gasteiger partial charge in [-0.2, -0.15) is 18.2 Å². The molecule has 0 unspecified atom stereocenters. The largest absolute Gasteiger partial charge is 0.471 e. The zero-order chi connectivity index (χ0) is 17.6. The van der Waals surface area contributed by atoms with Gasteiger partial charge in [-0.15, -0.1) is 0 Å². The van der Waals surface area contributed by atoms with Gasteiger partial charge in [0.15, 0.2) is 0 Å². The maximum Gasteiger partial charge on any atom is 0.471 e. The van der Waals surface area contributed by atoms with Crippen molar-refractivity contribution in [2.75, 3.05) is 0 Å². The highest BCUT2D eigenvalue weighted by Gasteiger charge is 2.38. The Morgan fingerprint density at radius 3 is 2.50 bits per heavy atom. The molecule has 0 saturated heterocycles. The molecule has 0 fully saturated rings. The number of alkyl halides is 3. The summed E-state index contributed by atoms with van der Waals surface area (Å²) in [5.74, 6) is -1.51. The number of amides is 1. The molecular formula is C16H18F3N3O2. The van der Waals surface area contributed by atoms with Crippen LogP contribution in [0.3, 0.4) is 0 Å². The van der Waals surface area contributed by atoms with E-state index < -0.39 is 12.1 Å². The van der Waals surface area contributed by atoms with Crippen LogP contribution in [0.15, 0.2) is 28.8 Å². The van der Waals surface area contributed by atoms with Crippen LogP contribution in [0.5, 0.6) is 0 Å². The maximum absolute atomic E-state index is 12.4. The van der Waals surface area contributed by atoms with Gasteiger partial charge in [0.05, 0.1) is 0 Å². The summed E-state index contributed by atoms with van der Waals surface area (Å²) in [6.07, 6.45) is -1.23. The van der Waals surface area contributed by atoms with Crippen LogP contribution < -0.4 is 5.32 Å². The van der Waals surface area contributed by atoms with E-state index in [4.69, 9.17) is 0 Å². The smallest absolute Gasteiger partial charge is 0.352 e. The van der Waals surface area contributed by atoms with E-state index in [9.17, 15) is 18.0 Å². The van der Waals surface area contributed by atoms with Gasteiger partial charge in [-0.1, -0.05) is 49.2 Å². The summed E-state index contributed by atoms with van der Waals surface area (Å²) in [6, 6.07) is 6.57. The van der Waals surface area contributed by atoms with Crippen molar-refractivity contribution in [3.8, 4) is 11.4 Å². The summed E-state index contributed by atoms with van der Waals surface area (Å²) >= 11 is 0. The Balaban J connectivity index is 1.91. The summed E-state index contributed by atoms with van der Waals surface area (Å²) in [4.78, 5) is 15.0. The number of hydrogen-bond acceptors (Lipinski definition) is 4. The molecule has 0 bridgehead atoms. The molecule has 0 aliphatic rings. The number of aromatic nitrogens is 2. The van der Waals surface area contributed by atoms with Crippen molar-refractivity contribution in [3.63, 3.8) is 0 Å². The minimum Gasteiger partial charge on any atom is -0.352 e. The van der Waals surface area contributed by atoms with Crippen LogP contribution >= 0.6 is 0 Å². The predicted molar refractivity (Wildman–Crippen MR) is 80.7 cm³/mol. The first-order valence-electron chi connectivity index (χ1n) is 7.67. The Hall–Kier alpha value is -2.38. The molecule has 24 heavy (non-hydrogen) atoms. The highest BCUT2D eigenvalue weighted by molar-refractivity contribution is 5.75. The Morgan fingerprint density at radius 2 is 1.92 bits per heavy atom.